The SMILES string of the molecule is COc1ccc(Cc2nc(C(=O)C[C@@H](c3ccc(C(F)(F)F)cc3)C3CC3)cc(=O)[nH]2)cc1F. The van der Waals surface area contributed by atoms with Crippen LogP contribution in [0.15, 0.2) is 53.3 Å². The van der Waals surface area contributed by atoms with E-state index < -0.39 is 23.1 Å². The highest BCUT2D eigenvalue weighted by atomic mass is 19.4. The molecule has 0 saturated heterocycles. The number of ether oxygens (including phenoxy) is 1. The lowest BCUT2D eigenvalue weighted by Crippen LogP contribution is -2.18. The maximum atomic E-state index is 14.0. The van der Waals surface area contributed by atoms with Crippen LogP contribution in [0.2, 0.25) is 0 Å². The van der Waals surface area contributed by atoms with Crippen LogP contribution in [0.5, 0.6) is 5.75 Å². The second kappa shape index (κ2) is 9.40. The number of carbonyl (C=O) groups is 1. The third-order valence-electron chi connectivity index (χ3n) is 5.93. The average Bonchev–Trinajstić information content (AvgIpc) is 3.62. The maximum absolute atomic E-state index is 14.0. The van der Waals surface area contributed by atoms with E-state index in [1.807, 2.05) is 0 Å². The molecule has 0 amide bonds. The Bertz CT molecular complexity index is 1250. The number of Topliss-reactive ketones (excluding diaryl/α,β-unsaturated/α-hetero) is 1. The van der Waals surface area contributed by atoms with Crippen molar-refractivity contribution >= 4 is 5.78 Å². The molecular formula is C25H22F4N2O3. The van der Waals surface area contributed by atoms with Crippen molar-refractivity contribution in [3.05, 3.63) is 92.9 Å². The number of hydrogen-bond acceptors (Lipinski definition) is 4. The lowest BCUT2D eigenvalue weighted by Gasteiger charge is -2.17. The first-order valence-corrected chi connectivity index (χ1v) is 10.8. The Morgan fingerprint density at radius 2 is 1.85 bits per heavy atom. The van der Waals surface area contributed by atoms with Crippen LogP contribution in [0.1, 0.15) is 58.2 Å². The Morgan fingerprint density at radius 1 is 1.15 bits per heavy atom. The number of rotatable bonds is 8. The molecular weight excluding hydrogens is 452 g/mol. The fraction of sp³-hybridized carbons (Fsp3) is 0.320. The molecule has 5 nitrogen and oxygen atoms in total. The molecule has 1 atom stereocenters. The summed E-state index contributed by atoms with van der Waals surface area (Å²) in [5, 5.41) is 0. The van der Waals surface area contributed by atoms with Crippen LogP contribution in [-0.2, 0) is 12.6 Å². The van der Waals surface area contributed by atoms with Gasteiger partial charge in [-0.05, 0) is 60.1 Å². The molecule has 1 saturated carbocycles. The molecule has 0 aliphatic heterocycles. The number of alkyl halides is 3. The van der Waals surface area contributed by atoms with E-state index in [4.69, 9.17) is 4.74 Å². The highest BCUT2D eigenvalue weighted by molar-refractivity contribution is 5.94. The van der Waals surface area contributed by atoms with Gasteiger partial charge in [0.15, 0.2) is 17.3 Å². The minimum absolute atomic E-state index is 0.0229. The zero-order valence-corrected chi connectivity index (χ0v) is 18.3. The normalized spacial score (nSPS) is 14.6. The standard InChI is InChI=1S/C25H22F4N2O3/c1-34-22-9-2-14(10-19(22)26)11-23-30-20(13-24(33)31-23)21(32)12-18(15-3-4-15)16-5-7-17(8-6-16)25(27,28)29/h2,5-10,13,15,18H,3-4,11-12H2,1H3,(H,30,31,33)/t18-/m1/s1. The van der Waals surface area contributed by atoms with Gasteiger partial charge in [0, 0.05) is 18.9 Å². The quantitative estimate of drug-likeness (QED) is 0.356. The van der Waals surface area contributed by atoms with E-state index in [2.05, 4.69) is 9.97 Å². The second-order valence-corrected chi connectivity index (χ2v) is 8.41. The Labute approximate surface area is 192 Å². The van der Waals surface area contributed by atoms with Crippen LogP contribution in [0, 0.1) is 11.7 Å². The molecule has 1 aromatic heterocycles. The van der Waals surface area contributed by atoms with Gasteiger partial charge in [-0.2, -0.15) is 13.2 Å². The summed E-state index contributed by atoms with van der Waals surface area (Å²) in [4.78, 5) is 32.0. The summed E-state index contributed by atoms with van der Waals surface area (Å²) in [7, 11) is 1.35. The molecule has 9 heteroatoms. The van der Waals surface area contributed by atoms with E-state index in [0.717, 1.165) is 31.0 Å². The number of nitrogens with one attached hydrogen (secondary N) is 1. The van der Waals surface area contributed by atoms with Crippen LogP contribution in [-0.4, -0.2) is 22.9 Å². The zero-order chi connectivity index (χ0) is 24.5. The molecule has 178 valence electrons. The number of ketones is 1. The first-order valence-electron chi connectivity index (χ1n) is 10.8. The molecule has 1 aliphatic carbocycles. The van der Waals surface area contributed by atoms with Gasteiger partial charge in [0.1, 0.15) is 11.5 Å². The molecule has 0 unspecified atom stereocenters. The lowest BCUT2D eigenvalue weighted by atomic mass is 9.88. The van der Waals surface area contributed by atoms with Crippen molar-refractivity contribution in [3.8, 4) is 5.75 Å². The van der Waals surface area contributed by atoms with E-state index in [-0.39, 0.29) is 47.7 Å². The summed E-state index contributed by atoms with van der Waals surface area (Å²) >= 11 is 0. The second-order valence-electron chi connectivity index (χ2n) is 8.41. The number of H-pyrrole nitrogens is 1. The Kier molecular flexibility index (Phi) is 6.54. The number of aromatic nitrogens is 2. The summed E-state index contributed by atoms with van der Waals surface area (Å²) in [5.74, 6) is -0.690. The molecule has 0 bridgehead atoms. The first kappa shape index (κ1) is 23.7. The number of benzene rings is 2. The number of aromatic amines is 1. The predicted molar refractivity (Wildman–Crippen MR) is 116 cm³/mol. The summed E-state index contributed by atoms with van der Waals surface area (Å²) < 4.78 is 57.6. The maximum Gasteiger partial charge on any atom is 0.416 e. The molecule has 1 heterocycles. The van der Waals surface area contributed by atoms with Crippen LogP contribution >= 0.6 is 0 Å². The number of carbonyl (C=O) groups excluding carboxylic acids is 1. The molecule has 1 aliphatic rings. The van der Waals surface area contributed by atoms with Gasteiger partial charge >= 0.3 is 6.18 Å². The number of hydrogen-bond donors (Lipinski definition) is 1. The highest BCUT2D eigenvalue weighted by Gasteiger charge is 2.35. The molecule has 3 aromatic rings. The molecule has 0 radical (unpaired) electrons. The topological polar surface area (TPSA) is 72.0 Å². The molecule has 0 spiro atoms. The summed E-state index contributed by atoms with van der Waals surface area (Å²) in [6, 6.07) is 10.3. The fourth-order valence-corrected chi connectivity index (χ4v) is 4.03. The molecule has 1 fully saturated rings. The van der Waals surface area contributed by atoms with Crippen molar-refractivity contribution in [3.63, 3.8) is 0 Å². The minimum atomic E-state index is -4.43. The van der Waals surface area contributed by atoms with E-state index in [1.165, 1.54) is 31.4 Å². The van der Waals surface area contributed by atoms with Crippen LogP contribution in [0.3, 0.4) is 0 Å². The van der Waals surface area contributed by atoms with Crippen molar-refractivity contribution in [2.45, 2.75) is 37.8 Å². The minimum Gasteiger partial charge on any atom is -0.494 e. The van der Waals surface area contributed by atoms with Crippen LogP contribution < -0.4 is 10.3 Å². The zero-order valence-electron chi connectivity index (χ0n) is 18.3. The number of methoxy groups -OCH3 is 1. The predicted octanol–water partition coefficient (Wildman–Crippen LogP) is 5.29. The monoisotopic (exact) mass is 474 g/mol. The van der Waals surface area contributed by atoms with E-state index in [0.29, 0.717) is 11.1 Å². The van der Waals surface area contributed by atoms with Gasteiger partial charge in [-0.25, -0.2) is 9.37 Å². The van der Waals surface area contributed by atoms with Gasteiger partial charge in [-0.15, -0.1) is 0 Å². The van der Waals surface area contributed by atoms with Crippen molar-refractivity contribution < 1.29 is 27.1 Å². The smallest absolute Gasteiger partial charge is 0.416 e. The third kappa shape index (κ3) is 5.52. The summed E-state index contributed by atoms with van der Waals surface area (Å²) in [5.41, 5.74) is -0.0904. The van der Waals surface area contributed by atoms with Gasteiger partial charge in [0.25, 0.3) is 5.56 Å². The Hall–Kier alpha value is -3.49. The highest BCUT2D eigenvalue weighted by Crippen LogP contribution is 2.45. The number of halogens is 4. The molecule has 2 aromatic carbocycles. The molecule has 34 heavy (non-hydrogen) atoms. The average molecular weight is 474 g/mol. The van der Waals surface area contributed by atoms with Gasteiger partial charge < -0.3 is 9.72 Å². The van der Waals surface area contributed by atoms with Gasteiger partial charge in [0.2, 0.25) is 0 Å². The van der Waals surface area contributed by atoms with Crippen LogP contribution in [0.25, 0.3) is 0 Å². The first-order chi connectivity index (χ1) is 16.1. The number of nitrogens with zero attached hydrogens (tertiary/aromatic N) is 1. The van der Waals surface area contributed by atoms with E-state index in [1.54, 1.807) is 6.07 Å². The van der Waals surface area contributed by atoms with Crippen molar-refractivity contribution in [1.29, 1.82) is 0 Å². The van der Waals surface area contributed by atoms with Crippen LogP contribution in [0.4, 0.5) is 17.6 Å². The lowest BCUT2D eigenvalue weighted by molar-refractivity contribution is -0.137. The van der Waals surface area contributed by atoms with Gasteiger partial charge in [-0.1, -0.05) is 18.2 Å². The summed E-state index contributed by atoms with van der Waals surface area (Å²) in [6.07, 6.45) is -2.53. The fourth-order valence-electron chi connectivity index (χ4n) is 4.03. The van der Waals surface area contributed by atoms with Crippen molar-refractivity contribution in [1.82, 2.24) is 9.97 Å². The Morgan fingerprint density at radius 3 is 2.44 bits per heavy atom. The van der Waals surface area contributed by atoms with Gasteiger partial charge in [0.05, 0.1) is 12.7 Å². The van der Waals surface area contributed by atoms with Crippen molar-refractivity contribution in [2.24, 2.45) is 5.92 Å². The van der Waals surface area contributed by atoms with Gasteiger partial charge in [-0.3, -0.25) is 9.59 Å². The van der Waals surface area contributed by atoms with E-state index >= 15 is 0 Å². The Balaban J connectivity index is 1.53. The molecule has 4 rings (SSSR count). The van der Waals surface area contributed by atoms with Crippen molar-refractivity contribution in [2.75, 3.05) is 7.11 Å². The molecule has 1 N–H and O–H groups in total. The summed E-state index contributed by atoms with van der Waals surface area (Å²) in [6.45, 7) is 0. The largest absolute Gasteiger partial charge is 0.494 e. The third-order valence-corrected chi connectivity index (χ3v) is 5.93. The van der Waals surface area contributed by atoms with E-state index in [9.17, 15) is 27.2 Å².